The third kappa shape index (κ3) is 6.36. The van der Waals surface area contributed by atoms with E-state index < -0.39 is 27.3 Å². The van der Waals surface area contributed by atoms with E-state index in [2.05, 4.69) is 11.8 Å². The van der Waals surface area contributed by atoms with Crippen molar-refractivity contribution >= 4 is 17.0 Å². The smallest absolute Gasteiger partial charge is 0.356 e. The maximum absolute atomic E-state index is 13.4. The van der Waals surface area contributed by atoms with Gasteiger partial charge in [-0.2, -0.15) is 0 Å². The molecule has 0 saturated heterocycles. The Bertz CT molecular complexity index is 1180. The second-order valence-electron chi connectivity index (χ2n) is 10.0. The number of fused-ring (bicyclic) bond motifs is 1. The first kappa shape index (κ1) is 27.0. The van der Waals surface area contributed by atoms with E-state index in [-0.39, 0.29) is 24.9 Å². The molecule has 0 amide bonds. The van der Waals surface area contributed by atoms with Crippen LogP contribution in [0.15, 0.2) is 30.3 Å². The van der Waals surface area contributed by atoms with Crippen molar-refractivity contribution in [3.63, 3.8) is 0 Å². The van der Waals surface area contributed by atoms with Crippen molar-refractivity contribution in [1.82, 2.24) is 9.29 Å². The van der Waals surface area contributed by atoms with Crippen LogP contribution >= 0.6 is 0 Å². The van der Waals surface area contributed by atoms with Gasteiger partial charge in [-0.15, -0.1) is 0 Å². The van der Waals surface area contributed by atoms with Gasteiger partial charge in [-0.25, -0.2) is 18.3 Å². The van der Waals surface area contributed by atoms with E-state index in [0.29, 0.717) is 24.2 Å². The number of aliphatic hydroxyl groups excluding tert-OH is 1. The van der Waals surface area contributed by atoms with E-state index in [9.17, 15) is 19.2 Å². The highest BCUT2D eigenvalue weighted by Gasteiger charge is 2.40. The summed E-state index contributed by atoms with van der Waals surface area (Å²) in [6.45, 7) is 11.2. The predicted molar refractivity (Wildman–Crippen MR) is 137 cm³/mol. The van der Waals surface area contributed by atoms with Gasteiger partial charge in [0.2, 0.25) is 0 Å². The van der Waals surface area contributed by atoms with Gasteiger partial charge in [-0.3, -0.25) is 0 Å². The lowest BCUT2D eigenvalue weighted by atomic mass is 9.95. The summed E-state index contributed by atoms with van der Waals surface area (Å²) in [6, 6.07) is 8.79. The zero-order valence-corrected chi connectivity index (χ0v) is 22.0. The molecule has 1 aromatic carbocycles. The van der Waals surface area contributed by atoms with Crippen molar-refractivity contribution < 1.29 is 24.0 Å². The van der Waals surface area contributed by atoms with Crippen molar-refractivity contribution in [2.75, 3.05) is 13.2 Å². The number of ether oxygens (including phenoxy) is 1. The molecule has 0 bridgehead atoms. The summed E-state index contributed by atoms with van der Waals surface area (Å²) >= 11 is 0. The Morgan fingerprint density at radius 3 is 2.57 bits per heavy atom. The van der Waals surface area contributed by atoms with Gasteiger partial charge in [0.25, 0.3) is 0 Å². The number of carbonyl (C=O) groups excluding carboxylic acids is 1. The average molecular weight is 499 g/mol. The molecular formula is C27H34N2O5S. The molecule has 1 aliphatic rings. The van der Waals surface area contributed by atoms with Crippen LogP contribution in [0.1, 0.15) is 81.2 Å². The summed E-state index contributed by atoms with van der Waals surface area (Å²) in [4.78, 5) is 17.3. The molecule has 1 aliphatic heterocycles. The van der Waals surface area contributed by atoms with E-state index in [4.69, 9.17) is 9.72 Å². The molecule has 0 saturated carbocycles. The largest absolute Gasteiger partial charge is 0.461 e. The van der Waals surface area contributed by atoms with Crippen molar-refractivity contribution in [2.24, 2.45) is 0 Å². The first-order valence-electron chi connectivity index (χ1n) is 11.7. The fraction of sp³-hybridized carbons (Fsp3) is 0.481. The highest BCUT2D eigenvalue weighted by atomic mass is 32.2. The van der Waals surface area contributed by atoms with Crippen LogP contribution in [-0.2, 0) is 22.3 Å². The van der Waals surface area contributed by atoms with E-state index in [0.717, 1.165) is 16.7 Å². The fourth-order valence-corrected chi connectivity index (χ4v) is 5.37. The van der Waals surface area contributed by atoms with Crippen LogP contribution in [0.4, 0.5) is 0 Å². The van der Waals surface area contributed by atoms with E-state index in [1.54, 1.807) is 26.8 Å². The van der Waals surface area contributed by atoms with Gasteiger partial charge < -0.3 is 14.9 Å². The molecule has 2 aromatic rings. The van der Waals surface area contributed by atoms with Crippen LogP contribution in [0.3, 0.4) is 0 Å². The Morgan fingerprint density at radius 2 is 1.97 bits per heavy atom. The molecule has 0 aliphatic carbocycles. The molecule has 1 aromatic heterocycles. The van der Waals surface area contributed by atoms with Crippen LogP contribution < -0.4 is 0 Å². The molecule has 2 heterocycles. The zero-order chi connectivity index (χ0) is 26.0. The normalized spacial score (nSPS) is 16.9. The monoisotopic (exact) mass is 498 g/mol. The molecule has 2 atom stereocenters. The Balaban J connectivity index is 2.22. The molecular weight excluding hydrogens is 464 g/mol. The van der Waals surface area contributed by atoms with Gasteiger partial charge in [0, 0.05) is 29.8 Å². The number of nitrogens with zero attached hydrogens (tertiary/aromatic N) is 2. The highest BCUT2D eigenvalue weighted by molar-refractivity contribution is 7.84. The predicted octanol–water partition coefficient (Wildman–Crippen LogP) is 3.75. The quantitative estimate of drug-likeness (QED) is 0.465. The average Bonchev–Trinajstić information content (AvgIpc) is 3.14. The van der Waals surface area contributed by atoms with Crippen LogP contribution in [0.25, 0.3) is 11.3 Å². The number of rotatable bonds is 6. The summed E-state index contributed by atoms with van der Waals surface area (Å²) in [5, 5.41) is 19.8. The number of hydrogen-bond acceptors (Lipinski definition) is 6. The second kappa shape index (κ2) is 10.6. The van der Waals surface area contributed by atoms with Crippen molar-refractivity contribution in [3.8, 4) is 23.1 Å². The van der Waals surface area contributed by atoms with E-state index >= 15 is 0 Å². The van der Waals surface area contributed by atoms with Gasteiger partial charge in [0.1, 0.15) is 22.3 Å². The van der Waals surface area contributed by atoms with Crippen molar-refractivity contribution in [1.29, 1.82) is 0 Å². The molecule has 0 unspecified atom stereocenters. The highest BCUT2D eigenvalue weighted by Crippen LogP contribution is 2.44. The summed E-state index contributed by atoms with van der Waals surface area (Å²) in [5.74, 6) is 5.27. The Morgan fingerprint density at radius 1 is 1.26 bits per heavy atom. The number of carbonyl (C=O) groups is 1. The summed E-state index contributed by atoms with van der Waals surface area (Å²) in [5.41, 5.74) is 2.72. The van der Waals surface area contributed by atoms with Gasteiger partial charge >= 0.3 is 5.97 Å². The maximum Gasteiger partial charge on any atom is 0.356 e. The summed E-state index contributed by atoms with van der Waals surface area (Å²) < 4.78 is 20.0. The first-order valence-corrected chi connectivity index (χ1v) is 12.8. The van der Waals surface area contributed by atoms with E-state index in [1.807, 2.05) is 49.3 Å². The lowest BCUT2D eigenvalue weighted by Gasteiger charge is -2.30. The Labute approximate surface area is 210 Å². The summed E-state index contributed by atoms with van der Waals surface area (Å²) in [7, 11) is -1.35. The summed E-state index contributed by atoms with van der Waals surface area (Å²) in [6.07, 6.45) is 0.375. The van der Waals surface area contributed by atoms with Crippen LogP contribution in [0, 0.1) is 11.8 Å². The molecule has 7 nitrogen and oxygen atoms in total. The number of aliphatic hydroxyl groups is 2. The molecule has 0 fully saturated rings. The standard InChI is InChI=1S/C27H34N2O5S/c1-7-34-25(31)21-16-20-17-29(35(33)26(2,3)4)22(12-14-30)23(20)24(28-21)19-10-8-9-18(15-19)11-13-27(5,6)32/h8-10,15-16,22,30,32H,7,12,14,17H2,1-6H3/t22-,35-/m1/s1. The third-order valence-corrected chi connectivity index (χ3v) is 7.28. The number of benzene rings is 1. The van der Waals surface area contributed by atoms with Gasteiger partial charge in [-0.05, 0) is 71.7 Å². The van der Waals surface area contributed by atoms with Crippen LogP contribution in [-0.4, -0.2) is 53.2 Å². The molecule has 0 spiro atoms. The van der Waals surface area contributed by atoms with Gasteiger partial charge in [-0.1, -0.05) is 24.0 Å². The maximum atomic E-state index is 13.4. The third-order valence-electron chi connectivity index (χ3n) is 5.42. The zero-order valence-electron chi connectivity index (χ0n) is 21.2. The van der Waals surface area contributed by atoms with Gasteiger partial charge in [0.05, 0.1) is 23.1 Å². The number of aromatic nitrogens is 1. The molecule has 188 valence electrons. The second-order valence-corrected chi connectivity index (χ2v) is 12.2. The fourth-order valence-electron chi connectivity index (χ4n) is 3.97. The minimum absolute atomic E-state index is 0.0852. The molecule has 0 radical (unpaired) electrons. The molecule has 2 N–H and O–H groups in total. The van der Waals surface area contributed by atoms with Gasteiger partial charge in [0.15, 0.2) is 0 Å². The molecule has 8 heteroatoms. The number of hydrogen-bond donors (Lipinski definition) is 2. The first-order chi connectivity index (χ1) is 16.4. The lowest BCUT2D eigenvalue weighted by molar-refractivity contribution is 0.0519. The lowest BCUT2D eigenvalue weighted by Crippen LogP contribution is -2.36. The van der Waals surface area contributed by atoms with E-state index in [1.165, 1.54) is 0 Å². The minimum Gasteiger partial charge on any atom is -0.461 e. The van der Waals surface area contributed by atoms with Crippen LogP contribution in [0.5, 0.6) is 0 Å². The Kier molecular flexibility index (Phi) is 8.17. The van der Waals surface area contributed by atoms with Crippen molar-refractivity contribution in [3.05, 3.63) is 52.7 Å². The van der Waals surface area contributed by atoms with Crippen LogP contribution in [0.2, 0.25) is 0 Å². The minimum atomic E-state index is -1.35. The SMILES string of the molecule is CCOC(=O)c1cc2c(c(-c3cccc(C#CC(C)(C)O)c3)n1)[C@@H](CCO)N([S@](=O)C(C)(C)C)C2. The van der Waals surface area contributed by atoms with Crippen molar-refractivity contribution in [2.45, 2.75) is 70.9 Å². The molecule has 35 heavy (non-hydrogen) atoms. The topological polar surface area (TPSA) is 100.0 Å². The molecule has 3 rings (SSSR count). The number of pyridine rings is 1. The Hall–Kier alpha value is -2.57. The number of esters is 1.